The van der Waals surface area contributed by atoms with E-state index in [2.05, 4.69) is 4.99 Å². The summed E-state index contributed by atoms with van der Waals surface area (Å²) in [5, 5.41) is 9.56. The number of esters is 1. The SMILES string of the molecule is N#CN=C(N)N(CCCCCCOc1ccc(Cl)cc1)c1cc[n+](COC(=O)CN)cc1.[Cl-]. The maximum Gasteiger partial charge on any atom is 0.324 e. The molecule has 178 valence electrons. The number of carbonyl (C=O) groups is 1. The lowest BCUT2D eigenvalue weighted by atomic mass is 10.2. The second-order valence-electron chi connectivity index (χ2n) is 6.86. The topological polar surface area (TPSA) is 131 Å². The third-order valence-electron chi connectivity index (χ3n) is 4.53. The molecular formula is C22H28Cl2N6O3. The number of aromatic nitrogens is 1. The maximum atomic E-state index is 11.2. The monoisotopic (exact) mass is 494 g/mol. The van der Waals surface area contributed by atoms with E-state index in [1.54, 1.807) is 40.2 Å². The fourth-order valence-electron chi connectivity index (χ4n) is 2.85. The van der Waals surface area contributed by atoms with E-state index in [0.717, 1.165) is 37.1 Å². The van der Waals surface area contributed by atoms with Crippen molar-refractivity contribution >= 4 is 29.2 Å². The summed E-state index contributed by atoms with van der Waals surface area (Å²) >= 11 is 5.86. The van der Waals surface area contributed by atoms with E-state index < -0.39 is 5.97 Å². The standard InChI is InChI=1S/C22H28ClN6O3.ClH/c23-18-5-7-20(8-6-18)31-14-4-2-1-3-11-29(22(26)27-16-25)19-9-12-28(13-10-19)17-32-21(30)15-24;/h5-10,12-13H,1-4,11,14-15,17,24H2,(H2,26,27);1H/q+1;/p-1. The minimum absolute atomic E-state index is 0. The van der Waals surface area contributed by atoms with E-state index in [4.69, 9.17) is 37.8 Å². The van der Waals surface area contributed by atoms with Gasteiger partial charge in [-0.3, -0.25) is 4.79 Å². The van der Waals surface area contributed by atoms with E-state index in [0.29, 0.717) is 18.2 Å². The lowest BCUT2D eigenvalue weighted by Gasteiger charge is -2.22. The highest BCUT2D eigenvalue weighted by atomic mass is 35.5. The van der Waals surface area contributed by atoms with Gasteiger partial charge in [0.25, 0.3) is 6.73 Å². The lowest BCUT2D eigenvalue weighted by Crippen LogP contribution is -3.00. The number of benzene rings is 1. The number of aliphatic imine (C=N–C) groups is 1. The summed E-state index contributed by atoms with van der Waals surface area (Å²) in [5.74, 6) is 0.457. The molecule has 2 aromatic rings. The first kappa shape index (κ1) is 28.0. The fourth-order valence-corrected chi connectivity index (χ4v) is 2.98. The second-order valence-corrected chi connectivity index (χ2v) is 7.29. The number of nitrogens with two attached hydrogens (primary N) is 2. The first-order chi connectivity index (χ1) is 15.5. The van der Waals surface area contributed by atoms with E-state index in [1.165, 1.54) is 0 Å². The zero-order valence-electron chi connectivity index (χ0n) is 18.2. The molecule has 1 aromatic heterocycles. The van der Waals surface area contributed by atoms with Crippen molar-refractivity contribution < 1.29 is 31.2 Å². The minimum Gasteiger partial charge on any atom is -1.00 e. The molecule has 0 aliphatic carbocycles. The summed E-state index contributed by atoms with van der Waals surface area (Å²) in [5.41, 5.74) is 12.0. The number of halogens is 2. The molecule has 0 saturated carbocycles. The van der Waals surface area contributed by atoms with Crippen LogP contribution in [0.2, 0.25) is 5.02 Å². The van der Waals surface area contributed by atoms with Crippen molar-refractivity contribution in [1.29, 1.82) is 5.26 Å². The molecule has 0 bridgehead atoms. The minimum atomic E-state index is -0.479. The molecule has 11 heteroatoms. The van der Waals surface area contributed by atoms with Gasteiger partial charge in [-0.2, -0.15) is 9.83 Å². The average Bonchev–Trinajstić information content (AvgIpc) is 2.81. The molecule has 0 aliphatic rings. The summed E-state index contributed by atoms with van der Waals surface area (Å²) in [7, 11) is 0. The number of ether oxygens (including phenoxy) is 2. The number of nitriles is 1. The quantitative estimate of drug-likeness (QED) is 0.0998. The van der Waals surface area contributed by atoms with Crippen LogP contribution in [-0.2, 0) is 16.3 Å². The molecule has 33 heavy (non-hydrogen) atoms. The smallest absolute Gasteiger partial charge is 0.324 e. The number of pyridine rings is 1. The summed E-state index contributed by atoms with van der Waals surface area (Å²) in [6, 6.07) is 10.9. The van der Waals surface area contributed by atoms with Crippen molar-refractivity contribution in [2.45, 2.75) is 32.4 Å². The normalized spacial score (nSPS) is 10.6. The molecular weight excluding hydrogens is 467 g/mol. The van der Waals surface area contributed by atoms with Crippen LogP contribution in [-0.4, -0.2) is 31.6 Å². The molecule has 0 unspecified atom stereocenters. The molecule has 4 N–H and O–H groups in total. The van der Waals surface area contributed by atoms with Crippen LogP contribution in [0.5, 0.6) is 5.75 Å². The molecule has 0 atom stereocenters. The van der Waals surface area contributed by atoms with E-state index in [9.17, 15) is 4.79 Å². The van der Waals surface area contributed by atoms with Crippen LogP contribution < -0.4 is 38.1 Å². The lowest BCUT2D eigenvalue weighted by molar-refractivity contribution is -0.727. The summed E-state index contributed by atoms with van der Waals surface area (Å²) in [6.45, 7) is 1.15. The number of carbonyl (C=O) groups excluding carboxylic acids is 1. The van der Waals surface area contributed by atoms with Gasteiger partial charge in [0.05, 0.1) is 18.8 Å². The number of anilines is 1. The Labute approximate surface area is 205 Å². The molecule has 1 aromatic carbocycles. The number of hydrogen-bond acceptors (Lipinski definition) is 6. The van der Waals surface area contributed by atoms with Crippen LogP contribution in [0, 0.1) is 11.5 Å². The molecule has 0 aliphatic heterocycles. The maximum absolute atomic E-state index is 11.2. The largest absolute Gasteiger partial charge is 1.00 e. The number of unbranched alkanes of at least 4 members (excludes halogenated alkanes) is 3. The second kappa shape index (κ2) is 15.7. The first-order valence-electron chi connectivity index (χ1n) is 10.3. The highest BCUT2D eigenvalue weighted by Gasteiger charge is 2.13. The van der Waals surface area contributed by atoms with Crippen LogP contribution in [0.3, 0.4) is 0 Å². The van der Waals surface area contributed by atoms with Gasteiger partial charge < -0.3 is 38.2 Å². The van der Waals surface area contributed by atoms with Gasteiger partial charge >= 0.3 is 5.97 Å². The highest BCUT2D eigenvalue weighted by molar-refractivity contribution is 6.30. The van der Waals surface area contributed by atoms with Gasteiger partial charge in [0, 0.05) is 23.7 Å². The van der Waals surface area contributed by atoms with Crippen molar-refractivity contribution in [3.63, 3.8) is 0 Å². The summed E-state index contributed by atoms with van der Waals surface area (Å²) < 4.78 is 12.4. The van der Waals surface area contributed by atoms with Gasteiger partial charge in [0.15, 0.2) is 12.4 Å². The number of guanidine groups is 1. The van der Waals surface area contributed by atoms with Gasteiger partial charge in [0.2, 0.25) is 12.2 Å². The fraction of sp³-hybridized carbons (Fsp3) is 0.364. The molecule has 0 amide bonds. The Bertz CT molecular complexity index is 917. The number of hydrogen-bond donors (Lipinski definition) is 2. The van der Waals surface area contributed by atoms with Crippen LogP contribution in [0.25, 0.3) is 0 Å². The Morgan fingerprint density at radius 1 is 1.12 bits per heavy atom. The van der Waals surface area contributed by atoms with Crippen molar-refractivity contribution in [2.24, 2.45) is 16.5 Å². The highest BCUT2D eigenvalue weighted by Crippen LogP contribution is 2.16. The predicted molar refractivity (Wildman–Crippen MR) is 122 cm³/mol. The summed E-state index contributed by atoms with van der Waals surface area (Å²) in [6.07, 6.45) is 8.99. The molecule has 0 radical (unpaired) electrons. The van der Waals surface area contributed by atoms with E-state index >= 15 is 0 Å². The zero-order chi connectivity index (χ0) is 23.2. The van der Waals surface area contributed by atoms with Crippen LogP contribution in [0.1, 0.15) is 25.7 Å². The van der Waals surface area contributed by atoms with Gasteiger partial charge in [-0.05, 0) is 37.1 Å². The van der Waals surface area contributed by atoms with Crippen LogP contribution in [0.15, 0.2) is 53.8 Å². The van der Waals surface area contributed by atoms with Crippen LogP contribution >= 0.6 is 11.6 Å². The molecule has 0 saturated heterocycles. The molecule has 0 fully saturated rings. The third-order valence-corrected chi connectivity index (χ3v) is 4.78. The van der Waals surface area contributed by atoms with Gasteiger partial charge in [0.1, 0.15) is 5.75 Å². The Morgan fingerprint density at radius 2 is 1.79 bits per heavy atom. The van der Waals surface area contributed by atoms with Crippen molar-refractivity contribution in [2.75, 3.05) is 24.6 Å². The Hall–Kier alpha value is -3.06. The van der Waals surface area contributed by atoms with Crippen molar-refractivity contribution in [1.82, 2.24) is 0 Å². The van der Waals surface area contributed by atoms with Gasteiger partial charge in [-0.15, -0.1) is 4.99 Å². The van der Waals surface area contributed by atoms with E-state index in [1.807, 2.05) is 24.3 Å². The van der Waals surface area contributed by atoms with Gasteiger partial charge in [-0.25, -0.2) is 0 Å². The molecule has 9 nitrogen and oxygen atoms in total. The molecule has 2 rings (SSSR count). The zero-order valence-corrected chi connectivity index (χ0v) is 19.7. The average molecular weight is 495 g/mol. The molecule has 0 spiro atoms. The number of rotatable bonds is 12. The Kier molecular flexibility index (Phi) is 13.3. The van der Waals surface area contributed by atoms with Crippen LogP contribution in [0.4, 0.5) is 5.69 Å². The van der Waals surface area contributed by atoms with E-state index in [-0.39, 0.29) is 31.6 Å². The first-order valence-corrected chi connectivity index (χ1v) is 10.6. The number of nitrogens with zero attached hydrogens (tertiary/aromatic N) is 4. The Balaban J connectivity index is 0.00000544. The summed E-state index contributed by atoms with van der Waals surface area (Å²) in [4.78, 5) is 16.6. The van der Waals surface area contributed by atoms with Crippen molar-refractivity contribution in [3.05, 3.63) is 53.8 Å². The van der Waals surface area contributed by atoms with Crippen molar-refractivity contribution in [3.8, 4) is 11.9 Å². The van der Waals surface area contributed by atoms with Gasteiger partial charge in [-0.1, -0.05) is 24.4 Å². The Morgan fingerprint density at radius 3 is 2.42 bits per heavy atom. The molecule has 1 heterocycles. The third kappa shape index (κ3) is 10.4. The predicted octanol–water partition coefficient (Wildman–Crippen LogP) is -0.668.